The van der Waals surface area contributed by atoms with Gasteiger partial charge in [0.1, 0.15) is 13.2 Å². The van der Waals surface area contributed by atoms with E-state index in [1.54, 1.807) is 0 Å². The van der Waals surface area contributed by atoms with Gasteiger partial charge in [0, 0.05) is 12.8 Å². The standard InChI is InChI=1S/C41H78NO8P/c1-3-5-7-9-11-13-15-17-19-21-23-25-27-29-31-33-40(43)47-37-39(38-49-51(45,46)48-36-35-42)50-41(44)34-32-30-28-26-24-22-20-18-16-14-12-10-8-6-4-2/h17-20,39H,3-16,21-38,42H2,1-2H3,(H,45,46)/p+1. The lowest BCUT2D eigenvalue weighted by molar-refractivity contribution is -0.371. The third-order valence-electron chi connectivity index (χ3n) is 8.84. The first kappa shape index (κ1) is 49.5. The first-order valence-electron chi connectivity index (χ1n) is 20.9. The van der Waals surface area contributed by atoms with Crippen molar-refractivity contribution in [1.29, 1.82) is 0 Å². The van der Waals surface area contributed by atoms with Gasteiger partial charge in [-0.15, -0.1) is 0 Å². The minimum absolute atomic E-state index is 0.0430. The van der Waals surface area contributed by atoms with Gasteiger partial charge in [0.05, 0.1) is 13.2 Å². The summed E-state index contributed by atoms with van der Waals surface area (Å²) in [5.41, 5.74) is 3.58. The summed E-state index contributed by atoms with van der Waals surface area (Å²) >= 11 is 0. The first-order valence-corrected chi connectivity index (χ1v) is 22.4. The minimum Gasteiger partial charge on any atom is -0.462 e. The van der Waals surface area contributed by atoms with Gasteiger partial charge < -0.3 is 20.1 Å². The molecular weight excluding hydrogens is 665 g/mol. The van der Waals surface area contributed by atoms with Gasteiger partial charge in [-0.2, -0.15) is 0 Å². The van der Waals surface area contributed by atoms with Crippen molar-refractivity contribution in [3.05, 3.63) is 24.3 Å². The van der Waals surface area contributed by atoms with Crippen molar-refractivity contribution in [2.24, 2.45) is 0 Å². The Morgan fingerprint density at radius 1 is 0.569 bits per heavy atom. The number of carbonyl (C=O) groups excluding carboxylic acids is 2. The molecule has 0 aliphatic rings. The van der Waals surface area contributed by atoms with Crippen LogP contribution in [0.5, 0.6) is 0 Å². The smallest absolute Gasteiger partial charge is 0.462 e. The average Bonchev–Trinajstić information content (AvgIpc) is 3.11. The summed E-state index contributed by atoms with van der Waals surface area (Å²) in [6, 6.07) is 0. The maximum atomic E-state index is 12.6. The molecule has 51 heavy (non-hydrogen) atoms. The van der Waals surface area contributed by atoms with E-state index in [9.17, 15) is 19.0 Å². The topological polar surface area (TPSA) is 136 Å². The normalized spacial score (nSPS) is 13.6. The molecule has 0 spiro atoms. The zero-order valence-electron chi connectivity index (χ0n) is 33.0. The molecule has 0 radical (unpaired) electrons. The largest absolute Gasteiger partial charge is 0.472 e. The second kappa shape index (κ2) is 38.2. The molecule has 0 aromatic carbocycles. The number of hydrogen-bond acceptors (Lipinski definition) is 7. The number of allylic oxidation sites excluding steroid dienone is 4. The quantitative estimate of drug-likeness (QED) is 0.0275. The Balaban J connectivity index is 4.20. The molecule has 300 valence electrons. The summed E-state index contributed by atoms with van der Waals surface area (Å²) in [4.78, 5) is 34.8. The summed E-state index contributed by atoms with van der Waals surface area (Å²) in [6.07, 6.45) is 39.3. The Morgan fingerprint density at radius 3 is 1.39 bits per heavy atom. The lowest BCUT2D eigenvalue weighted by atomic mass is 10.1. The van der Waals surface area contributed by atoms with Gasteiger partial charge in [-0.3, -0.25) is 18.6 Å². The van der Waals surface area contributed by atoms with Gasteiger partial charge in [0.15, 0.2) is 6.10 Å². The number of esters is 2. The van der Waals surface area contributed by atoms with Crippen LogP contribution in [-0.4, -0.2) is 49.3 Å². The average molecular weight is 745 g/mol. The van der Waals surface area contributed by atoms with Crippen LogP contribution in [-0.2, 0) is 32.7 Å². The summed E-state index contributed by atoms with van der Waals surface area (Å²) in [7, 11) is -4.33. The van der Waals surface area contributed by atoms with Gasteiger partial charge in [-0.1, -0.05) is 141 Å². The maximum absolute atomic E-state index is 12.6. The molecule has 9 nitrogen and oxygen atoms in total. The highest BCUT2D eigenvalue weighted by atomic mass is 31.2. The fourth-order valence-corrected chi connectivity index (χ4v) is 6.48. The molecule has 2 unspecified atom stereocenters. The molecule has 0 fully saturated rings. The van der Waals surface area contributed by atoms with Crippen LogP contribution in [0.3, 0.4) is 0 Å². The van der Waals surface area contributed by atoms with Crippen LogP contribution in [0.4, 0.5) is 0 Å². The number of carbonyl (C=O) groups is 2. The molecule has 0 aliphatic heterocycles. The predicted molar refractivity (Wildman–Crippen MR) is 209 cm³/mol. The zero-order chi connectivity index (χ0) is 37.5. The summed E-state index contributed by atoms with van der Waals surface area (Å²) in [5, 5.41) is 0. The molecular formula is C41H79NO8P+. The Labute approximate surface area is 312 Å². The predicted octanol–water partition coefficient (Wildman–Crippen LogP) is 10.9. The van der Waals surface area contributed by atoms with Crippen molar-refractivity contribution in [2.45, 2.75) is 200 Å². The van der Waals surface area contributed by atoms with Crippen molar-refractivity contribution >= 4 is 19.8 Å². The molecule has 4 N–H and O–H groups in total. The highest BCUT2D eigenvalue weighted by molar-refractivity contribution is 7.47. The Hall–Kier alpha value is -1.51. The van der Waals surface area contributed by atoms with E-state index >= 15 is 0 Å². The van der Waals surface area contributed by atoms with Crippen LogP contribution in [0.15, 0.2) is 24.3 Å². The Morgan fingerprint density at radius 2 is 0.961 bits per heavy atom. The van der Waals surface area contributed by atoms with Gasteiger partial charge >= 0.3 is 19.8 Å². The maximum Gasteiger partial charge on any atom is 0.472 e. The fraction of sp³-hybridized carbons (Fsp3) is 0.854. The second-order valence-corrected chi connectivity index (χ2v) is 15.4. The van der Waals surface area contributed by atoms with Crippen molar-refractivity contribution in [3.63, 3.8) is 0 Å². The van der Waals surface area contributed by atoms with E-state index < -0.39 is 26.5 Å². The number of rotatable bonds is 39. The van der Waals surface area contributed by atoms with Crippen LogP contribution in [0, 0.1) is 0 Å². The van der Waals surface area contributed by atoms with E-state index in [0.717, 1.165) is 70.6 Å². The van der Waals surface area contributed by atoms with Crippen molar-refractivity contribution in [2.75, 3.05) is 26.4 Å². The zero-order valence-corrected chi connectivity index (χ0v) is 33.9. The van der Waals surface area contributed by atoms with Gasteiger partial charge in [-0.25, -0.2) is 4.57 Å². The molecule has 0 rings (SSSR count). The number of phosphoric acid groups is 1. The second-order valence-electron chi connectivity index (χ2n) is 13.9. The van der Waals surface area contributed by atoms with Crippen LogP contribution in [0.2, 0.25) is 0 Å². The minimum atomic E-state index is -4.33. The highest BCUT2D eigenvalue weighted by Gasteiger charge is 2.26. The molecule has 0 aliphatic carbocycles. The monoisotopic (exact) mass is 745 g/mol. The van der Waals surface area contributed by atoms with E-state index in [2.05, 4.69) is 43.9 Å². The van der Waals surface area contributed by atoms with E-state index in [1.807, 2.05) is 0 Å². The first-order chi connectivity index (χ1) is 24.8. The Bertz CT molecular complexity index is 897. The van der Waals surface area contributed by atoms with Crippen LogP contribution < -0.4 is 5.73 Å². The molecule has 0 amide bonds. The molecule has 0 saturated carbocycles. The van der Waals surface area contributed by atoms with E-state index in [0.29, 0.717) is 13.0 Å². The van der Waals surface area contributed by atoms with E-state index in [-0.39, 0.29) is 32.0 Å². The molecule has 0 heterocycles. The number of quaternary nitrogens is 1. The molecule has 0 aromatic heterocycles. The lowest BCUT2D eigenvalue weighted by Gasteiger charge is -2.19. The summed E-state index contributed by atoms with van der Waals surface area (Å²) in [6.45, 7) is 4.10. The number of phosphoric ester groups is 1. The summed E-state index contributed by atoms with van der Waals surface area (Å²) < 4.78 is 32.8. The molecule has 10 heteroatoms. The fourth-order valence-electron chi connectivity index (χ4n) is 5.69. The number of hydrogen-bond donors (Lipinski definition) is 2. The molecule has 0 saturated heterocycles. The Kier molecular flexibility index (Phi) is 37.1. The SMILES string of the molecule is CCCCCCCCC=CCCCCCCCC(=O)OCC(COP(=O)(O)OCC[NH3+])OC(=O)CCCCCCCC=CCCCCCCCC. The molecule has 0 aromatic rings. The number of ether oxygens (including phenoxy) is 2. The molecule has 2 atom stereocenters. The highest BCUT2D eigenvalue weighted by Crippen LogP contribution is 2.43. The van der Waals surface area contributed by atoms with Gasteiger partial charge in [-0.05, 0) is 64.2 Å². The van der Waals surface area contributed by atoms with Crippen molar-refractivity contribution < 1.29 is 43.3 Å². The van der Waals surface area contributed by atoms with Crippen molar-refractivity contribution in [3.8, 4) is 0 Å². The third-order valence-corrected chi connectivity index (χ3v) is 9.82. The molecule has 0 bridgehead atoms. The third kappa shape index (κ3) is 38.0. The van der Waals surface area contributed by atoms with Gasteiger partial charge in [0.2, 0.25) is 0 Å². The van der Waals surface area contributed by atoms with E-state index in [1.165, 1.54) is 89.9 Å². The van der Waals surface area contributed by atoms with E-state index in [4.69, 9.17) is 18.5 Å². The van der Waals surface area contributed by atoms with Crippen LogP contribution >= 0.6 is 7.82 Å². The van der Waals surface area contributed by atoms with Gasteiger partial charge in [0.25, 0.3) is 0 Å². The van der Waals surface area contributed by atoms with Crippen LogP contribution in [0.1, 0.15) is 194 Å². The lowest BCUT2D eigenvalue weighted by Crippen LogP contribution is -2.52. The van der Waals surface area contributed by atoms with Crippen LogP contribution in [0.25, 0.3) is 0 Å². The number of unbranched alkanes of at least 4 members (excludes halogenated alkanes) is 22. The summed E-state index contributed by atoms with van der Waals surface area (Å²) in [5.74, 6) is -0.826. The van der Waals surface area contributed by atoms with Crippen molar-refractivity contribution in [1.82, 2.24) is 0 Å².